The minimum absolute atomic E-state index is 0.248. The maximum atomic E-state index is 5.97. The van der Waals surface area contributed by atoms with Crippen LogP contribution in [0.25, 0.3) is 0 Å². The average Bonchev–Trinajstić information content (AvgIpc) is 2.29. The van der Waals surface area contributed by atoms with Crippen molar-refractivity contribution in [3.8, 4) is 0 Å². The minimum Gasteiger partial charge on any atom is -0.343 e. The highest BCUT2D eigenvalue weighted by Gasteiger charge is 2.13. The quantitative estimate of drug-likeness (QED) is 0.795. The van der Waals surface area contributed by atoms with E-state index in [9.17, 15) is 0 Å². The van der Waals surface area contributed by atoms with E-state index in [4.69, 9.17) is 11.6 Å². The summed E-state index contributed by atoms with van der Waals surface area (Å²) in [6, 6.07) is 0. The predicted octanol–water partition coefficient (Wildman–Crippen LogP) is 2.46. The summed E-state index contributed by atoms with van der Waals surface area (Å²) in [6.45, 7) is 11.0. The molecule has 0 aliphatic heterocycles. The Morgan fingerprint density at radius 2 is 1.61 bits per heavy atom. The molecular weight excluding hydrogens is 250 g/mol. The number of hydrogen-bond donors (Lipinski definition) is 0. The van der Waals surface area contributed by atoms with Crippen LogP contribution in [-0.2, 0) is 0 Å². The summed E-state index contributed by atoms with van der Waals surface area (Å²) in [7, 11) is 1.97. The van der Waals surface area contributed by atoms with Gasteiger partial charge in [-0.25, -0.2) is 0 Å². The van der Waals surface area contributed by atoms with Gasteiger partial charge in [0.1, 0.15) is 0 Å². The molecule has 1 heterocycles. The van der Waals surface area contributed by atoms with Gasteiger partial charge in [0.05, 0.1) is 0 Å². The molecule has 0 radical (unpaired) electrons. The molecule has 0 aliphatic rings. The van der Waals surface area contributed by atoms with Crippen LogP contribution in [0.4, 0.5) is 11.9 Å². The van der Waals surface area contributed by atoms with Crippen molar-refractivity contribution >= 4 is 23.5 Å². The van der Waals surface area contributed by atoms with Crippen molar-refractivity contribution in [2.24, 2.45) is 5.92 Å². The molecule has 1 aromatic heterocycles. The standard InChI is InChI=1S/C12H22ClN5/c1-6-18(7-2)12-15-10(13)14-11(16-12)17(5)8-9(3)4/h9H,6-8H2,1-5H3. The third-order valence-corrected chi connectivity index (χ3v) is 2.78. The van der Waals surface area contributed by atoms with Gasteiger partial charge in [-0.3, -0.25) is 0 Å². The van der Waals surface area contributed by atoms with Gasteiger partial charge >= 0.3 is 0 Å². The summed E-state index contributed by atoms with van der Waals surface area (Å²) >= 11 is 5.97. The van der Waals surface area contributed by atoms with E-state index in [2.05, 4.69) is 47.5 Å². The molecule has 18 heavy (non-hydrogen) atoms. The number of aromatic nitrogens is 3. The van der Waals surface area contributed by atoms with Crippen LogP contribution in [0.3, 0.4) is 0 Å². The average molecular weight is 272 g/mol. The topological polar surface area (TPSA) is 45.2 Å². The lowest BCUT2D eigenvalue weighted by molar-refractivity contribution is 0.628. The molecule has 0 aromatic carbocycles. The molecule has 0 atom stereocenters. The first-order chi connectivity index (χ1) is 8.47. The Bertz CT molecular complexity index is 379. The maximum absolute atomic E-state index is 5.97. The van der Waals surface area contributed by atoms with Crippen molar-refractivity contribution < 1.29 is 0 Å². The monoisotopic (exact) mass is 271 g/mol. The lowest BCUT2D eigenvalue weighted by Gasteiger charge is -2.22. The van der Waals surface area contributed by atoms with Crippen LogP contribution in [0.1, 0.15) is 27.7 Å². The van der Waals surface area contributed by atoms with Gasteiger partial charge in [0.25, 0.3) is 0 Å². The molecule has 0 aliphatic carbocycles. The second-order valence-electron chi connectivity index (χ2n) is 4.65. The molecule has 0 saturated heterocycles. The summed E-state index contributed by atoms with van der Waals surface area (Å²) in [6.07, 6.45) is 0. The third-order valence-electron chi connectivity index (χ3n) is 2.61. The molecule has 0 spiro atoms. The Hall–Kier alpha value is -1.10. The maximum Gasteiger partial charge on any atom is 0.231 e. The number of rotatable bonds is 6. The summed E-state index contributed by atoms with van der Waals surface area (Å²) in [5.74, 6) is 1.82. The molecule has 0 N–H and O–H groups in total. The lowest BCUT2D eigenvalue weighted by atomic mass is 10.2. The zero-order valence-electron chi connectivity index (χ0n) is 11.8. The molecule has 0 saturated carbocycles. The number of nitrogens with zero attached hydrogens (tertiary/aromatic N) is 5. The van der Waals surface area contributed by atoms with Gasteiger partial charge in [-0.1, -0.05) is 13.8 Å². The van der Waals surface area contributed by atoms with Crippen molar-refractivity contribution in [3.05, 3.63) is 5.28 Å². The molecular formula is C12H22ClN5. The van der Waals surface area contributed by atoms with Gasteiger partial charge < -0.3 is 9.80 Å². The van der Waals surface area contributed by atoms with Gasteiger partial charge in [-0.15, -0.1) is 0 Å². The first-order valence-electron chi connectivity index (χ1n) is 6.35. The Kier molecular flexibility index (Phi) is 5.59. The summed E-state index contributed by atoms with van der Waals surface area (Å²) in [4.78, 5) is 16.9. The van der Waals surface area contributed by atoms with E-state index in [0.29, 0.717) is 17.8 Å². The first-order valence-corrected chi connectivity index (χ1v) is 6.73. The molecule has 0 amide bonds. The van der Waals surface area contributed by atoms with Crippen LogP contribution >= 0.6 is 11.6 Å². The third kappa shape index (κ3) is 3.98. The van der Waals surface area contributed by atoms with E-state index in [1.165, 1.54) is 0 Å². The van der Waals surface area contributed by atoms with Crippen molar-refractivity contribution in [1.29, 1.82) is 0 Å². The van der Waals surface area contributed by atoms with Crippen LogP contribution in [0.2, 0.25) is 5.28 Å². The lowest BCUT2D eigenvalue weighted by Crippen LogP contribution is -2.28. The molecule has 5 nitrogen and oxygen atoms in total. The first kappa shape index (κ1) is 15.0. The molecule has 1 aromatic rings. The van der Waals surface area contributed by atoms with Gasteiger partial charge in [-0.2, -0.15) is 15.0 Å². The largest absolute Gasteiger partial charge is 0.343 e. The fraction of sp³-hybridized carbons (Fsp3) is 0.750. The van der Waals surface area contributed by atoms with E-state index < -0.39 is 0 Å². The van der Waals surface area contributed by atoms with E-state index >= 15 is 0 Å². The van der Waals surface area contributed by atoms with Crippen LogP contribution in [0.15, 0.2) is 0 Å². The molecule has 0 fully saturated rings. The summed E-state index contributed by atoms with van der Waals surface area (Å²) < 4.78 is 0. The van der Waals surface area contributed by atoms with Gasteiger partial charge in [0.15, 0.2) is 0 Å². The second kappa shape index (κ2) is 6.73. The zero-order chi connectivity index (χ0) is 13.7. The van der Waals surface area contributed by atoms with E-state index in [0.717, 1.165) is 19.6 Å². The highest BCUT2D eigenvalue weighted by Crippen LogP contribution is 2.16. The second-order valence-corrected chi connectivity index (χ2v) is 4.99. The van der Waals surface area contributed by atoms with E-state index in [-0.39, 0.29) is 5.28 Å². The molecule has 6 heteroatoms. The zero-order valence-corrected chi connectivity index (χ0v) is 12.6. The van der Waals surface area contributed by atoms with Crippen LogP contribution < -0.4 is 9.80 Å². The van der Waals surface area contributed by atoms with Gasteiger partial charge in [0, 0.05) is 26.7 Å². The Morgan fingerprint density at radius 3 is 2.11 bits per heavy atom. The fourth-order valence-corrected chi connectivity index (χ4v) is 1.93. The molecule has 1 rings (SSSR count). The minimum atomic E-state index is 0.248. The molecule has 0 unspecified atom stereocenters. The normalized spacial score (nSPS) is 10.8. The predicted molar refractivity (Wildman–Crippen MR) is 76.5 cm³/mol. The molecule has 0 bridgehead atoms. The highest BCUT2D eigenvalue weighted by molar-refractivity contribution is 6.28. The number of hydrogen-bond acceptors (Lipinski definition) is 5. The van der Waals surface area contributed by atoms with Crippen molar-refractivity contribution in [3.63, 3.8) is 0 Å². The van der Waals surface area contributed by atoms with E-state index in [1.807, 2.05) is 11.9 Å². The van der Waals surface area contributed by atoms with E-state index in [1.54, 1.807) is 0 Å². The smallest absolute Gasteiger partial charge is 0.231 e. The van der Waals surface area contributed by atoms with Crippen LogP contribution in [0.5, 0.6) is 0 Å². The van der Waals surface area contributed by atoms with Gasteiger partial charge in [-0.05, 0) is 31.4 Å². The fourth-order valence-electron chi connectivity index (χ4n) is 1.78. The summed E-state index contributed by atoms with van der Waals surface area (Å²) in [5, 5.41) is 0.248. The highest BCUT2D eigenvalue weighted by atomic mass is 35.5. The summed E-state index contributed by atoms with van der Waals surface area (Å²) in [5.41, 5.74) is 0. The SMILES string of the molecule is CCN(CC)c1nc(Cl)nc(N(C)CC(C)C)n1. The Morgan fingerprint density at radius 1 is 1.06 bits per heavy atom. The van der Waals surface area contributed by atoms with Crippen LogP contribution in [0, 0.1) is 5.92 Å². The number of anilines is 2. The Labute approximate surface area is 114 Å². The number of halogens is 1. The van der Waals surface area contributed by atoms with Crippen LogP contribution in [-0.4, -0.2) is 41.6 Å². The van der Waals surface area contributed by atoms with Crippen molar-refractivity contribution in [2.75, 3.05) is 36.5 Å². The van der Waals surface area contributed by atoms with Crippen molar-refractivity contribution in [1.82, 2.24) is 15.0 Å². The Balaban J connectivity index is 2.99. The van der Waals surface area contributed by atoms with Crippen molar-refractivity contribution in [2.45, 2.75) is 27.7 Å². The van der Waals surface area contributed by atoms with Gasteiger partial charge in [0.2, 0.25) is 17.2 Å². The molecule has 102 valence electrons.